The Morgan fingerprint density at radius 1 is 1.18 bits per heavy atom. The summed E-state index contributed by atoms with van der Waals surface area (Å²) >= 11 is 8.21. The minimum absolute atomic E-state index is 0.131. The molecule has 3 heterocycles. The van der Waals surface area contributed by atoms with Gasteiger partial charge >= 0.3 is 0 Å². The molecule has 200 valence electrons. The fraction of sp³-hybridized carbons (Fsp3) is 0.276. The summed E-state index contributed by atoms with van der Waals surface area (Å²) in [6.45, 7) is 2.75. The Bertz CT molecular complexity index is 1450. The topological polar surface area (TPSA) is 91.4 Å². The molecule has 1 aliphatic heterocycles. The van der Waals surface area contributed by atoms with E-state index in [9.17, 15) is 14.4 Å². The van der Waals surface area contributed by atoms with Crippen molar-refractivity contribution in [1.82, 2.24) is 15.2 Å². The third-order valence-electron chi connectivity index (χ3n) is 6.61. The first-order valence-corrected chi connectivity index (χ1v) is 14.9. The largest absolute Gasteiger partial charge is 0.348 e. The number of hydrogen-bond donors (Lipinski definition) is 2. The van der Waals surface area contributed by atoms with E-state index >= 15 is 0 Å². The number of thiophene rings is 1. The number of nitrogens with zero attached hydrogens (tertiary/aromatic N) is 2. The number of aryl methyl sites for hydroxylation is 2. The lowest BCUT2D eigenvalue weighted by Gasteiger charge is -2.14. The Morgan fingerprint density at radius 3 is 2.77 bits per heavy atom. The van der Waals surface area contributed by atoms with Gasteiger partial charge in [-0.05, 0) is 61.4 Å². The van der Waals surface area contributed by atoms with Crippen LogP contribution >= 0.6 is 35.3 Å². The van der Waals surface area contributed by atoms with Gasteiger partial charge in [-0.15, -0.1) is 11.3 Å². The van der Waals surface area contributed by atoms with Gasteiger partial charge in [0.05, 0.1) is 10.5 Å². The second kappa shape index (κ2) is 12.2. The lowest BCUT2D eigenvalue weighted by atomic mass is 10.1. The molecule has 0 unspecified atom stereocenters. The highest BCUT2D eigenvalue weighted by Crippen LogP contribution is 2.39. The molecule has 5 rings (SSSR count). The first-order valence-electron chi connectivity index (χ1n) is 12.8. The SMILES string of the molecule is Cc1ccc(/C=C2\SC(=S)N(CCCC(=O)Nc3sc4c(c3C(=O)NCc3cccnc3)CCC4)C2=O)cc1. The molecule has 0 radical (unpaired) electrons. The Labute approximate surface area is 241 Å². The van der Waals surface area contributed by atoms with Gasteiger partial charge < -0.3 is 10.6 Å². The average Bonchev–Trinajstić information content (AvgIpc) is 3.58. The summed E-state index contributed by atoms with van der Waals surface area (Å²) in [5.74, 6) is -0.503. The summed E-state index contributed by atoms with van der Waals surface area (Å²) < 4.78 is 0.501. The third kappa shape index (κ3) is 6.46. The van der Waals surface area contributed by atoms with Crippen molar-refractivity contribution in [3.8, 4) is 0 Å². The van der Waals surface area contributed by atoms with Gasteiger partial charge in [-0.2, -0.15) is 0 Å². The Balaban J connectivity index is 1.17. The second-order valence-electron chi connectivity index (χ2n) is 9.50. The minimum Gasteiger partial charge on any atom is -0.348 e. The highest BCUT2D eigenvalue weighted by Gasteiger charge is 2.32. The highest BCUT2D eigenvalue weighted by molar-refractivity contribution is 8.26. The first kappa shape index (κ1) is 27.2. The van der Waals surface area contributed by atoms with E-state index in [0.717, 1.165) is 46.4 Å². The van der Waals surface area contributed by atoms with Gasteiger partial charge in [0.25, 0.3) is 11.8 Å². The number of fused-ring (bicyclic) bond motifs is 1. The van der Waals surface area contributed by atoms with Gasteiger partial charge in [-0.3, -0.25) is 24.3 Å². The van der Waals surface area contributed by atoms with E-state index < -0.39 is 0 Å². The number of benzene rings is 1. The number of thiocarbonyl (C=S) groups is 1. The van der Waals surface area contributed by atoms with E-state index in [4.69, 9.17) is 12.2 Å². The van der Waals surface area contributed by atoms with Crippen molar-refractivity contribution >= 4 is 68.4 Å². The van der Waals surface area contributed by atoms with Crippen molar-refractivity contribution in [2.24, 2.45) is 0 Å². The van der Waals surface area contributed by atoms with E-state index in [-0.39, 0.29) is 24.1 Å². The molecule has 0 bridgehead atoms. The summed E-state index contributed by atoms with van der Waals surface area (Å²) in [5, 5.41) is 6.53. The number of aromatic nitrogens is 1. The van der Waals surface area contributed by atoms with E-state index in [0.29, 0.717) is 39.3 Å². The molecule has 1 fully saturated rings. The molecule has 1 saturated heterocycles. The van der Waals surface area contributed by atoms with Crippen molar-refractivity contribution < 1.29 is 14.4 Å². The molecule has 3 amide bonds. The van der Waals surface area contributed by atoms with Crippen molar-refractivity contribution in [2.45, 2.75) is 45.6 Å². The third-order valence-corrected chi connectivity index (χ3v) is 9.20. The number of carbonyl (C=O) groups is 3. The molecule has 39 heavy (non-hydrogen) atoms. The van der Waals surface area contributed by atoms with Crippen molar-refractivity contribution in [1.29, 1.82) is 0 Å². The van der Waals surface area contributed by atoms with Crippen molar-refractivity contribution in [3.05, 3.63) is 86.4 Å². The quantitative estimate of drug-likeness (QED) is 0.259. The monoisotopic (exact) mass is 576 g/mol. The first-order chi connectivity index (χ1) is 18.9. The molecule has 2 aliphatic rings. The van der Waals surface area contributed by atoms with Crippen LogP contribution < -0.4 is 10.6 Å². The predicted octanol–water partition coefficient (Wildman–Crippen LogP) is 5.49. The number of pyridine rings is 1. The standard InChI is InChI=1S/C29H28N4O3S3/c1-18-9-11-19(12-10-18)15-23-28(36)33(29(37)39-23)14-4-8-24(34)32-27-25(21-6-2-7-22(21)38-27)26(35)31-17-20-5-3-13-30-16-20/h3,5,9-13,15-16H,2,4,6-8,14,17H2,1H3,(H,31,35)(H,32,34)/b23-15-. The zero-order valence-corrected chi connectivity index (χ0v) is 23.9. The van der Waals surface area contributed by atoms with Crippen LogP contribution in [0, 0.1) is 6.92 Å². The van der Waals surface area contributed by atoms with Gasteiger partial charge in [0.15, 0.2) is 0 Å². The number of nitrogens with one attached hydrogen (secondary N) is 2. The van der Waals surface area contributed by atoms with Crippen LogP contribution in [-0.4, -0.2) is 38.5 Å². The Morgan fingerprint density at radius 2 is 2.00 bits per heavy atom. The summed E-state index contributed by atoms with van der Waals surface area (Å²) in [6, 6.07) is 11.7. The molecule has 2 aromatic heterocycles. The fourth-order valence-corrected chi connectivity index (χ4v) is 7.21. The van der Waals surface area contributed by atoms with Gasteiger partial charge in [0.1, 0.15) is 9.32 Å². The normalized spacial score (nSPS) is 15.6. The van der Waals surface area contributed by atoms with Crippen LogP contribution in [0.2, 0.25) is 0 Å². The number of hydrogen-bond acceptors (Lipinski definition) is 7. The zero-order chi connectivity index (χ0) is 27.4. The molecule has 7 nitrogen and oxygen atoms in total. The molecule has 0 atom stereocenters. The Kier molecular flexibility index (Phi) is 8.54. The van der Waals surface area contributed by atoms with Gasteiger partial charge in [0, 0.05) is 36.8 Å². The summed E-state index contributed by atoms with van der Waals surface area (Å²) in [7, 11) is 0. The lowest BCUT2D eigenvalue weighted by molar-refractivity contribution is -0.122. The molecule has 1 aliphatic carbocycles. The number of thioether (sulfide) groups is 1. The Hall–Kier alpha value is -3.34. The maximum Gasteiger partial charge on any atom is 0.266 e. The van der Waals surface area contributed by atoms with Crippen LogP contribution in [-0.2, 0) is 29.0 Å². The number of carbonyl (C=O) groups excluding carboxylic acids is 3. The zero-order valence-electron chi connectivity index (χ0n) is 21.5. The summed E-state index contributed by atoms with van der Waals surface area (Å²) in [6.07, 6.45) is 8.71. The summed E-state index contributed by atoms with van der Waals surface area (Å²) in [4.78, 5) is 46.3. The van der Waals surface area contributed by atoms with E-state index in [1.54, 1.807) is 17.3 Å². The second-order valence-corrected chi connectivity index (χ2v) is 12.3. The van der Waals surface area contributed by atoms with Crippen molar-refractivity contribution in [2.75, 3.05) is 11.9 Å². The highest BCUT2D eigenvalue weighted by atomic mass is 32.2. The molecule has 0 spiro atoms. The van der Waals surface area contributed by atoms with Crippen LogP contribution in [0.3, 0.4) is 0 Å². The number of amides is 3. The molecular weight excluding hydrogens is 549 g/mol. The molecule has 1 aromatic carbocycles. The van der Waals surface area contributed by atoms with Crippen LogP contribution in [0.25, 0.3) is 6.08 Å². The molecule has 10 heteroatoms. The van der Waals surface area contributed by atoms with Gasteiger partial charge in [-0.25, -0.2) is 0 Å². The van der Waals surface area contributed by atoms with Gasteiger partial charge in [-0.1, -0.05) is 59.9 Å². The number of rotatable bonds is 9. The number of anilines is 1. The maximum atomic E-state index is 13.1. The van der Waals surface area contributed by atoms with E-state index in [1.165, 1.54) is 23.1 Å². The average molecular weight is 577 g/mol. The molecule has 3 aromatic rings. The minimum atomic E-state index is -0.188. The smallest absolute Gasteiger partial charge is 0.266 e. The predicted molar refractivity (Wildman–Crippen MR) is 161 cm³/mol. The van der Waals surface area contributed by atoms with E-state index in [1.807, 2.05) is 49.4 Å². The lowest BCUT2D eigenvalue weighted by Crippen LogP contribution is -2.29. The van der Waals surface area contributed by atoms with Crippen LogP contribution in [0.4, 0.5) is 5.00 Å². The van der Waals surface area contributed by atoms with Crippen LogP contribution in [0.1, 0.15) is 56.8 Å². The maximum absolute atomic E-state index is 13.1. The summed E-state index contributed by atoms with van der Waals surface area (Å²) in [5.41, 5.74) is 4.62. The molecular formula is C29H28N4O3S3. The van der Waals surface area contributed by atoms with Crippen LogP contribution in [0.5, 0.6) is 0 Å². The molecule has 2 N–H and O–H groups in total. The molecule has 0 saturated carbocycles. The van der Waals surface area contributed by atoms with Crippen LogP contribution in [0.15, 0.2) is 53.7 Å². The van der Waals surface area contributed by atoms with Crippen molar-refractivity contribution in [3.63, 3.8) is 0 Å². The van der Waals surface area contributed by atoms with E-state index in [2.05, 4.69) is 15.6 Å². The van der Waals surface area contributed by atoms with Gasteiger partial charge in [0.2, 0.25) is 5.91 Å². The fourth-order valence-electron chi connectivity index (χ4n) is 4.60.